The van der Waals surface area contributed by atoms with Crippen molar-refractivity contribution >= 4 is 5.69 Å². The number of hydrogen-bond donors (Lipinski definition) is 1. The van der Waals surface area contributed by atoms with Crippen LogP contribution in [0.1, 0.15) is 25.3 Å². The van der Waals surface area contributed by atoms with E-state index in [1.807, 2.05) is 7.05 Å². The SMILES string of the molecule is CNC1CCN(c2ccc(C(F)(F)F)cc2)C(C)C1. The third-order valence-corrected chi connectivity index (χ3v) is 3.81. The van der Waals surface area contributed by atoms with Crippen LogP contribution in [-0.2, 0) is 6.18 Å². The maximum Gasteiger partial charge on any atom is 0.416 e. The number of piperidine rings is 1. The molecule has 1 heterocycles. The lowest BCUT2D eigenvalue weighted by atomic mass is 9.97. The second-order valence-electron chi connectivity index (χ2n) is 5.10. The molecule has 2 nitrogen and oxygen atoms in total. The van der Waals surface area contributed by atoms with Gasteiger partial charge in [-0.15, -0.1) is 0 Å². The second kappa shape index (κ2) is 5.41. The summed E-state index contributed by atoms with van der Waals surface area (Å²) >= 11 is 0. The molecule has 1 fully saturated rings. The Morgan fingerprint density at radius 1 is 1.21 bits per heavy atom. The summed E-state index contributed by atoms with van der Waals surface area (Å²) in [5, 5.41) is 3.26. The molecule has 2 atom stereocenters. The lowest BCUT2D eigenvalue weighted by Crippen LogP contribution is -2.46. The number of benzene rings is 1. The first-order chi connectivity index (χ1) is 8.91. The molecule has 1 aliphatic heterocycles. The highest BCUT2D eigenvalue weighted by Crippen LogP contribution is 2.32. The molecule has 2 rings (SSSR count). The molecule has 1 aromatic rings. The molecule has 0 spiro atoms. The van der Waals surface area contributed by atoms with E-state index in [1.165, 1.54) is 0 Å². The summed E-state index contributed by atoms with van der Waals surface area (Å²) < 4.78 is 37.5. The molecule has 5 heteroatoms. The number of hydrogen-bond acceptors (Lipinski definition) is 2. The van der Waals surface area contributed by atoms with Crippen molar-refractivity contribution in [3.63, 3.8) is 0 Å². The van der Waals surface area contributed by atoms with Crippen molar-refractivity contribution < 1.29 is 13.2 Å². The van der Waals surface area contributed by atoms with E-state index < -0.39 is 11.7 Å². The molecular formula is C14H19F3N2. The molecule has 106 valence electrons. The van der Waals surface area contributed by atoms with Crippen molar-refractivity contribution in [1.29, 1.82) is 0 Å². The van der Waals surface area contributed by atoms with Crippen LogP contribution >= 0.6 is 0 Å². The average Bonchev–Trinajstić information content (AvgIpc) is 2.37. The van der Waals surface area contributed by atoms with Gasteiger partial charge in [-0.3, -0.25) is 0 Å². The predicted octanol–water partition coefficient (Wildman–Crippen LogP) is 3.28. The maximum absolute atomic E-state index is 12.5. The first-order valence-electron chi connectivity index (χ1n) is 6.53. The first-order valence-corrected chi connectivity index (χ1v) is 6.53. The molecule has 0 radical (unpaired) electrons. The highest BCUT2D eigenvalue weighted by Gasteiger charge is 2.31. The van der Waals surface area contributed by atoms with Gasteiger partial charge < -0.3 is 10.2 Å². The minimum absolute atomic E-state index is 0.336. The maximum atomic E-state index is 12.5. The molecule has 1 aliphatic rings. The summed E-state index contributed by atoms with van der Waals surface area (Å²) in [4.78, 5) is 2.17. The number of anilines is 1. The van der Waals surface area contributed by atoms with Gasteiger partial charge in [0.15, 0.2) is 0 Å². The fourth-order valence-electron chi connectivity index (χ4n) is 2.66. The normalized spacial score (nSPS) is 24.6. The van der Waals surface area contributed by atoms with Gasteiger partial charge in [0.05, 0.1) is 5.56 Å². The fraction of sp³-hybridized carbons (Fsp3) is 0.571. The number of nitrogens with zero attached hydrogens (tertiary/aromatic N) is 1. The van der Waals surface area contributed by atoms with E-state index in [2.05, 4.69) is 17.1 Å². The number of alkyl halides is 3. The lowest BCUT2D eigenvalue weighted by molar-refractivity contribution is -0.137. The smallest absolute Gasteiger partial charge is 0.369 e. The van der Waals surface area contributed by atoms with Gasteiger partial charge in [0.1, 0.15) is 0 Å². The Balaban J connectivity index is 2.10. The van der Waals surface area contributed by atoms with Crippen LogP contribution in [0, 0.1) is 0 Å². The van der Waals surface area contributed by atoms with E-state index in [-0.39, 0.29) is 0 Å². The number of halogens is 3. The molecule has 2 unspecified atom stereocenters. The monoisotopic (exact) mass is 272 g/mol. The lowest BCUT2D eigenvalue weighted by Gasteiger charge is -2.39. The molecule has 0 aromatic heterocycles. The largest absolute Gasteiger partial charge is 0.416 e. The zero-order chi connectivity index (χ0) is 14.0. The van der Waals surface area contributed by atoms with Crippen molar-refractivity contribution in [2.24, 2.45) is 0 Å². The van der Waals surface area contributed by atoms with Gasteiger partial charge in [-0.05, 0) is 51.1 Å². The van der Waals surface area contributed by atoms with Gasteiger partial charge in [-0.1, -0.05) is 0 Å². The molecule has 0 saturated carbocycles. The van der Waals surface area contributed by atoms with Crippen LogP contribution in [0.15, 0.2) is 24.3 Å². The molecule has 0 bridgehead atoms. The van der Waals surface area contributed by atoms with E-state index in [1.54, 1.807) is 12.1 Å². The zero-order valence-corrected chi connectivity index (χ0v) is 11.2. The summed E-state index contributed by atoms with van der Waals surface area (Å²) in [6.07, 6.45) is -2.23. The van der Waals surface area contributed by atoms with E-state index in [0.717, 1.165) is 37.2 Å². The fourth-order valence-corrected chi connectivity index (χ4v) is 2.66. The van der Waals surface area contributed by atoms with Gasteiger partial charge in [0.2, 0.25) is 0 Å². The second-order valence-corrected chi connectivity index (χ2v) is 5.10. The molecule has 0 amide bonds. The van der Waals surface area contributed by atoms with Crippen LogP contribution in [0.5, 0.6) is 0 Å². The molecule has 19 heavy (non-hydrogen) atoms. The topological polar surface area (TPSA) is 15.3 Å². The van der Waals surface area contributed by atoms with Crippen molar-refractivity contribution in [2.75, 3.05) is 18.5 Å². The van der Waals surface area contributed by atoms with Crippen LogP contribution in [0.3, 0.4) is 0 Å². The summed E-state index contributed by atoms with van der Waals surface area (Å²) in [6, 6.07) is 6.29. The molecule has 1 N–H and O–H groups in total. The standard InChI is InChI=1S/C14H19F3N2/c1-10-9-12(18-2)7-8-19(10)13-5-3-11(4-6-13)14(15,16)17/h3-6,10,12,18H,7-9H2,1-2H3. The Hall–Kier alpha value is -1.23. The van der Waals surface area contributed by atoms with Gasteiger partial charge in [0, 0.05) is 24.3 Å². The predicted molar refractivity (Wildman–Crippen MR) is 70.3 cm³/mol. The van der Waals surface area contributed by atoms with Crippen molar-refractivity contribution in [2.45, 2.75) is 38.0 Å². The van der Waals surface area contributed by atoms with Crippen LogP contribution in [0.4, 0.5) is 18.9 Å². The average molecular weight is 272 g/mol. The van der Waals surface area contributed by atoms with Crippen LogP contribution in [0.2, 0.25) is 0 Å². The van der Waals surface area contributed by atoms with Crippen LogP contribution < -0.4 is 10.2 Å². The number of rotatable bonds is 2. The van der Waals surface area contributed by atoms with E-state index in [0.29, 0.717) is 12.1 Å². The van der Waals surface area contributed by atoms with E-state index in [4.69, 9.17) is 0 Å². The molecular weight excluding hydrogens is 253 g/mol. The minimum atomic E-state index is -4.26. The van der Waals surface area contributed by atoms with Gasteiger partial charge in [-0.2, -0.15) is 13.2 Å². The summed E-state index contributed by atoms with van der Waals surface area (Å²) in [5.74, 6) is 0. The Bertz CT molecular complexity index is 414. The first kappa shape index (κ1) is 14.2. The van der Waals surface area contributed by atoms with Crippen molar-refractivity contribution in [1.82, 2.24) is 5.32 Å². The van der Waals surface area contributed by atoms with Gasteiger partial charge >= 0.3 is 6.18 Å². The van der Waals surface area contributed by atoms with Crippen molar-refractivity contribution in [3.05, 3.63) is 29.8 Å². The summed E-state index contributed by atoms with van der Waals surface area (Å²) in [5.41, 5.74) is 0.282. The van der Waals surface area contributed by atoms with Crippen LogP contribution in [-0.4, -0.2) is 25.7 Å². The van der Waals surface area contributed by atoms with Crippen molar-refractivity contribution in [3.8, 4) is 0 Å². The zero-order valence-electron chi connectivity index (χ0n) is 11.2. The third kappa shape index (κ3) is 3.21. The Morgan fingerprint density at radius 3 is 2.32 bits per heavy atom. The summed E-state index contributed by atoms with van der Waals surface area (Å²) in [7, 11) is 1.95. The molecule has 0 aliphatic carbocycles. The summed E-state index contributed by atoms with van der Waals surface area (Å²) in [6.45, 7) is 2.99. The molecule has 1 aromatic carbocycles. The van der Waals surface area contributed by atoms with Gasteiger partial charge in [-0.25, -0.2) is 0 Å². The highest BCUT2D eigenvalue weighted by molar-refractivity contribution is 5.49. The number of nitrogens with one attached hydrogen (secondary N) is 1. The minimum Gasteiger partial charge on any atom is -0.369 e. The Morgan fingerprint density at radius 2 is 1.84 bits per heavy atom. The highest BCUT2D eigenvalue weighted by atomic mass is 19.4. The Labute approximate surface area is 111 Å². The third-order valence-electron chi connectivity index (χ3n) is 3.81. The van der Waals surface area contributed by atoms with Crippen LogP contribution in [0.25, 0.3) is 0 Å². The van der Waals surface area contributed by atoms with E-state index >= 15 is 0 Å². The quantitative estimate of drug-likeness (QED) is 0.888. The van der Waals surface area contributed by atoms with E-state index in [9.17, 15) is 13.2 Å². The van der Waals surface area contributed by atoms with Gasteiger partial charge in [0.25, 0.3) is 0 Å². The molecule has 1 saturated heterocycles. The Kier molecular flexibility index (Phi) is 4.04.